The molecular formula is C16H30N2. The third kappa shape index (κ3) is 2.91. The Hall–Kier alpha value is -0.0800. The monoisotopic (exact) mass is 250 g/mol. The molecule has 0 aromatic rings. The summed E-state index contributed by atoms with van der Waals surface area (Å²) in [6.07, 6.45) is 13.0. The molecule has 2 N–H and O–H groups in total. The smallest absolute Gasteiger partial charge is 0.00825 e. The zero-order chi connectivity index (χ0) is 12.4. The summed E-state index contributed by atoms with van der Waals surface area (Å²) in [5.74, 6) is 2.74. The van der Waals surface area contributed by atoms with Crippen molar-refractivity contribution in [3.8, 4) is 0 Å². The summed E-state index contributed by atoms with van der Waals surface area (Å²) in [7, 11) is 0. The minimum absolute atomic E-state index is 0.503. The molecule has 2 saturated carbocycles. The van der Waals surface area contributed by atoms with Gasteiger partial charge in [-0.3, -0.25) is 0 Å². The van der Waals surface area contributed by atoms with Gasteiger partial charge in [0.15, 0.2) is 0 Å². The molecule has 0 bridgehead atoms. The highest BCUT2D eigenvalue weighted by Gasteiger charge is 2.38. The number of nitrogens with zero attached hydrogens (tertiary/aromatic N) is 1. The number of nitrogens with two attached hydrogens (primary N) is 1. The normalized spacial score (nSPS) is 39.5. The van der Waals surface area contributed by atoms with E-state index in [-0.39, 0.29) is 0 Å². The minimum Gasteiger partial charge on any atom is -0.327 e. The summed E-state index contributed by atoms with van der Waals surface area (Å²) in [6, 6.07) is 0.503. The first-order valence-electron chi connectivity index (χ1n) is 8.31. The fourth-order valence-electron chi connectivity index (χ4n) is 4.67. The van der Waals surface area contributed by atoms with Crippen molar-refractivity contribution >= 4 is 0 Å². The molecule has 0 spiro atoms. The van der Waals surface area contributed by atoms with E-state index in [0.29, 0.717) is 6.04 Å². The molecule has 3 rings (SSSR count). The lowest BCUT2D eigenvalue weighted by molar-refractivity contribution is 0.247. The molecule has 18 heavy (non-hydrogen) atoms. The highest BCUT2D eigenvalue weighted by molar-refractivity contribution is 4.93. The summed E-state index contributed by atoms with van der Waals surface area (Å²) in [6.45, 7) is 4.04. The van der Waals surface area contributed by atoms with Crippen LogP contribution in [0.3, 0.4) is 0 Å². The maximum atomic E-state index is 6.31. The van der Waals surface area contributed by atoms with Gasteiger partial charge in [-0.25, -0.2) is 0 Å². The van der Waals surface area contributed by atoms with Gasteiger partial charge in [-0.05, 0) is 43.4 Å². The van der Waals surface area contributed by atoms with Crippen LogP contribution in [0, 0.1) is 17.8 Å². The molecule has 104 valence electrons. The van der Waals surface area contributed by atoms with Gasteiger partial charge < -0.3 is 10.6 Å². The lowest BCUT2D eigenvalue weighted by atomic mass is 9.78. The van der Waals surface area contributed by atoms with Gasteiger partial charge in [0, 0.05) is 25.7 Å². The Bertz CT molecular complexity index is 258. The molecule has 3 atom stereocenters. The molecule has 2 nitrogen and oxygen atoms in total. The second-order valence-electron chi connectivity index (χ2n) is 7.09. The number of hydrogen-bond acceptors (Lipinski definition) is 2. The summed E-state index contributed by atoms with van der Waals surface area (Å²) < 4.78 is 0. The van der Waals surface area contributed by atoms with Crippen LogP contribution >= 0.6 is 0 Å². The van der Waals surface area contributed by atoms with E-state index in [9.17, 15) is 0 Å². The van der Waals surface area contributed by atoms with E-state index in [1.807, 2.05) is 0 Å². The van der Waals surface area contributed by atoms with Gasteiger partial charge in [0.25, 0.3) is 0 Å². The highest BCUT2D eigenvalue weighted by atomic mass is 15.2. The van der Waals surface area contributed by atoms with Crippen molar-refractivity contribution in [2.24, 2.45) is 23.5 Å². The van der Waals surface area contributed by atoms with E-state index >= 15 is 0 Å². The zero-order valence-corrected chi connectivity index (χ0v) is 11.8. The van der Waals surface area contributed by atoms with Crippen molar-refractivity contribution in [1.29, 1.82) is 0 Å². The van der Waals surface area contributed by atoms with Gasteiger partial charge in [0.1, 0.15) is 0 Å². The van der Waals surface area contributed by atoms with Crippen LogP contribution in [0.5, 0.6) is 0 Å². The molecule has 0 aromatic heterocycles. The van der Waals surface area contributed by atoms with Crippen molar-refractivity contribution in [2.45, 2.75) is 63.8 Å². The van der Waals surface area contributed by atoms with Gasteiger partial charge >= 0.3 is 0 Å². The van der Waals surface area contributed by atoms with Gasteiger partial charge in [0.2, 0.25) is 0 Å². The Morgan fingerprint density at radius 1 is 0.833 bits per heavy atom. The molecule has 0 radical (unpaired) electrons. The van der Waals surface area contributed by atoms with Gasteiger partial charge in [-0.2, -0.15) is 0 Å². The second-order valence-corrected chi connectivity index (χ2v) is 7.09. The Labute approximate surface area is 112 Å². The van der Waals surface area contributed by atoms with Gasteiger partial charge in [-0.15, -0.1) is 0 Å². The third-order valence-electron chi connectivity index (χ3n) is 5.72. The first-order chi connectivity index (χ1) is 8.83. The third-order valence-corrected chi connectivity index (χ3v) is 5.72. The van der Waals surface area contributed by atoms with Gasteiger partial charge in [-0.1, -0.05) is 32.1 Å². The maximum Gasteiger partial charge on any atom is 0.00825 e. The van der Waals surface area contributed by atoms with Crippen LogP contribution in [0.15, 0.2) is 0 Å². The van der Waals surface area contributed by atoms with Crippen molar-refractivity contribution in [3.63, 3.8) is 0 Å². The second kappa shape index (κ2) is 5.92. The van der Waals surface area contributed by atoms with Crippen LogP contribution in [0.4, 0.5) is 0 Å². The lowest BCUT2D eigenvalue weighted by Gasteiger charge is -2.30. The van der Waals surface area contributed by atoms with Crippen LogP contribution in [0.2, 0.25) is 0 Å². The van der Waals surface area contributed by atoms with Crippen LogP contribution in [-0.2, 0) is 0 Å². The number of hydrogen-bond donors (Lipinski definition) is 1. The Morgan fingerprint density at radius 3 is 2.33 bits per heavy atom. The largest absolute Gasteiger partial charge is 0.327 e. The van der Waals surface area contributed by atoms with Crippen molar-refractivity contribution < 1.29 is 0 Å². The first kappa shape index (κ1) is 12.9. The van der Waals surface area contributed by atoms with Crippen molar-refractivity contribution in [1.82, 2.24) is 4.90 Å². The van der Waals surface area contributed by atoms with Crippen LogP contribution in [0.1, 0.15) is 57.8 Å². The Balaban J connectivity index is 1.51. The maximum absolute atomic E-state index is 6.31. The summed E-state index contributed by atoms with van der Waals surface area (Å²) in [5, 5.41) is 0. The fourth-order valence-corrected chi connectivity index (χ4v) is 4.67. The molecule has 3 aliphatic rings. The molecule has 0 amide bonds. The van der Waals surface area contributed by atoms with E-state index in [4.69, 9.17) is 5.73 Å². The Kier molecular flexibility index (Phi) is 4.25. The predicted octanol–water partition coefficient (Wildman–Crippen LogP) is 3.02. The number of rotatable bonds is 2. The average molecular weight is 250 g/mol. The highest BCUT2D eigenvalue weighted by Crippen LogP contribution is 2.36. The predicted molar refractivity (Wildman–Crippen MR) is 76.4 cm³/mol. The Morgan fingerprint density at radius 2 is 1.61 bits per heavy atom. The van der Waals surface area contributed by atoms with Crippen LogP contribution in [-0.4, -0.2) is 30.6 Å². The SMILES string of the molecule is NC1CCCC2CN(CC3CCCCCC3)CC12. The molecule has 2 heteroatoms. The van der Waals surface area contributed by atoms with E-state index in [1.165, 1.54) is 77.4 Å². The molecule has 1 aliphatic heterocycles. The summed E-state index contributed by atoms with van der Waals surface area (Å²) >= 11 is 0. The minimum atomic E-state index is 0.503. The molecule has 1 heterocycles. The van der Waals surface area contributed by atoms with Crippen LogP contribution < -0.4 is 5.73 Å². The average Bonchev–Trinajstić information content (AvgIpc) is 2.60. The number of likely N-dealkylation sites (tertiary alicyclic amines) is 1. The van der Waals surface area contributed by atoms with E-state index in [0.717, 1.165) is 17.8 Å². The van der Waals surface area contributed by atoms with Crippen molar-refractivity contribution in [2.75, 3.05) is 19.6 Å². The quantitative estimate of drug-likeness (QED) is 0.763. The number of fused-ring (bicyclic) bond motifs is 1. The first-order valence-corrected chi connectivity index (χ1v) is 8.31. The van der Waals surface area contributed by atoms with E-state index < -0.39 is 0 Å². The van der Waals surface area contributed by atoms with E-state index in [1.54, 1.807) is 0 Å². The fraction of sp³-hybridized carbons (Fsp3) is 1.00. The summed E-state index contributed by atoms with van der Waals surface area (Å²) in [4.78, 5) is 2.76. The van der Waals surface area contributed by atoms with Crippen LogP contribution in [0.25, 0.3) is 0 Å². The molecule has 2 aliphatic carbocycles. The van der Waals surface area contributed by atoms with E-state index in [2.05, 4.69) is 4.90 Å². The summed E-state index contributed by atoms with van der Waals surface area (Å²) in [5.41, 5.74) is 6.31. The standard InChI is InChI=1S/C16H30N2/c17-16-9-5-8-14-11-18(12-15(14)16)10-13-6-3-1-2-4-7-13/h13-16H,1-12,17H2. The lowest BCUT2D eigenvalue weighted by Crippen LogP contribution is -2.38. The zero-order valence-electron chi connectivity index (χ0n) is 11.8. The molecule has 3 fully saturated rings. The molecule has 1 saturated heterocycles. The van der Waals surface area contributed by atoms with Gasteiger partial charge in [0.05, 0.1) is 0 Å². The molecule has 0 aromatic carbocycles. The molecule has 3 unspecified atom stereocenters. The van der Waals surface area contributed by atoms with Crippen molar-refractivity contribution in [3.05, 3.63) is 0 Å². The molecular weight excluding hydrogens is 220 g/mol. The topological polar surface area (TPSA) is 29.3 Å².